The van der Waals surface area contributed by atoms with Crippen LogP contribution in [0.2, 0.25) is 0 Å². The first-order valence-electron chi connectivity index (χ1n) is 12.9. The van der Waals surface area contributed by atoms with Gasteiger partial charge in [-0.1, -0.05) is 19.1 Å². The number of aromatic nitrogens is 1. The van der Waals surface area contributed by atoms with Gasteiger partial charge in [-0.05, 0) is 75.8 Å². The van der Waals surface area contributed by atoms with Crippen LogP contribution in [0, 0.1) is 19.7 Å². The summed E-state index contributed by atoms with van der Waals surface area (Å²) < 4.78 is 46.2. The number of aryl methyl sites for hydroxylation is 2. The second-order valence-corrected chi connectivity index (χ2v) is 10.4. The zero-order valence-electron chi connectivity index (χ0n) is 22.3. The summed E-state index contributed by atoms with van der Waals surface area (Å²) in [5, 5.41) is 0. The lowest BCUT2D eigenvalue weighted by molar-refractivity contribution is 0.0527. The van der Waals surface area contributed by atoms with E-state index in [-0.39, 0.29) is 24.1 Å². The summed E-state index contributed by atoms with van der Waals surface area (Å²) in [5.41, 5.74) is 1.91. The van der Waals surface area contributed by atoms with Gasteiger partial charge in [0, 0.05) is 20.0 Å². The molecule has 3 aromatic rings. The van der Waals surface area contributed by atoms with Gasteiger partial charge in [0.1, 0.15) is 23.6 Å². The van der Waals surface area contributed by atoms with Crippen LogP contribution in [-0.2, 0) is 0 Å². The first kappa shape index (κ1) is 27.0. The lowest BCUT2D eigenvalue weighted by Crippen LogP contribution is -2.44. The van der Waals surface area contributed by atoms with E-state index in [1.54, 1.807) is 26.0 Å². The summed E-state index contributed by atoms with van der Waals surface area (Å²) in [6, 6.07) is 6.45. The standard InChI is InChI=1S/C29H36F2N2O4/c1-18(22-7-9-23(30)10-8-22)11-15-35-28-26(36-16-14-33-13-6-12-29(5,31)17-33)24(20(3)34)19(2)25-27(28)37-21(4)32-25/h7-10,18H,6,11-17H2,1-5H3. The molecule has 0 amide bonds. The molecule has 0 aliphatic carbocycles. The van der Waals surface area contributed by atoms with Crippen LogP contribution >= 0.6 is 0 Å². The maximum Gasteiger partial charge on any atom is 0.207 e. The van der Waals surface area contributed by atoms with Crippen molar-refractivity contribution in [2.24, 2.45) is 0 Å². The Balaban J connectivity index is 1.57. The topological polar surface area (TPSA) is 64.8 Å². The van der Waals surface area contributed by atoms with Crippen LogP contribution in [0.3, 0.4) is 0 Å². The molecule has 1 fully saturated rings. The Kier molecular flexibility index (Phi) is 8.17. The Bertz CT molecular complexity index is 1250. The number of fused-ring (bicyclic) bond motifs is 1. The monoisotopic (exact) mass is 514 g/mol. The van der Waals surface area contributed by atoms with Gasteiger partial charge < -0.3 is 13.9 Å². The zero-order chi connectivity index (χ0) is 26.7. The van der Waals surface area contributed by atoms with Crippen LogP contribution in [0.1, 0.15) is 73.3 Å². The van der Waals surface area contributed by atoms with Crippen LogP contribution in [0.15, 0.2) is 28.7 Å². The van der Waals surface area contributed by atoms with Crippen LogP contribution in [0.4, 0.5) is 8.78 Å². The van der Waals surface area contributed by atoms with Crippen molar-refractivity contribution in [2.45, 2.75) is 65.5 Å². The molecule has 6 nitrogen and oxygen atoms in total. The van der Waals surface area contributed by atoms with E-state index in [1.807, 2.05) is 11.8 Å². The molecule has 0 radical (unpaired) electrons. The molecule has 1 aromatic heterocycles. The molecule has 0 N–H and O–H groups in total. The summed E-state index contributed by atoms with van der Waals surface area (Å²) in [5.74, 6) is 0.853. The lowest BCUT2D eigenvalue weighted by Gasteiger charge is -2.35. The highest BCUT2D eigenvalue weighted by molar-refractivity contribution is 6.05. The van der Waals surface area contributed by atoms with E-state index < -0.39 is 5.67 Å². The number of piperidine rings is 1. The van der Waals surface area contributed by atoms with Gasteiger partial charge in [-0.2, -0.15) is 0 Å². The average molecular weight is 515 g/mol. The first-order valence-corrected chi connectivity index (χ1v) is 12.9. The quantitative estimate of drug-likeness (QED) is 0.286. The number of rotatable bonds is 10. The number of halogens is 2. The van der Waals surface area contributed by atoms with E-state index in [2.05, 4.69) is 11.9 Å². The van der Waals surface area contributed by atoms with Crippen molar-refractivity contribution < 1.29 is 27.5 Å². The lowest BCUT2D eigenvalue weighted by atomic mass is 9.97. The smallest absolute Gasteiger partial charge is 0.207 e. The molecule has 8 heteroatoms. The van der Waals surface area contributed by atoms with Crippen molar-refractivity contribution in [1.29, 1.82) is 0 Å². The van der Waals surface area contributed by atoms with Crippen LogP contribution in [0.25, 0.3) is 11.1 Å². The van der Waals surface area contributed by atoms with Gasteiger partial charge in [0.05, 0.1) is 12.2 Å². The van der Waals surface area contributed by atoms with Gasteiger partial charge in [-0.25, -0.2) is 13.8 Å². The Hall–Kier alpha value is -3.00. The number of Topliss-reactive ketones (excluding diaryl/α,β-unsaturated/α-hetero) is 1. The second-order valence-electron chi connectivity index (χ2n) is 10.4. The molecule has 4 rings (SSSR count). The number of likely N-dealkylation sites (tertiary alicyclic amines) is 1. The third kappa shape index (κ3) is 6.29. The summed E-state index contributed by atoms with van der Waals surface area (Å²) in [6.45, 7) is 11.1. The van der Waals surface area contributed by atoms with Gasteiger partial charge in [0.2, 0.25) is 11.3 Å². The predicted molar refractivity (Wildman–Crippen MR) is 139 cm³/mol. The molecule has 200 valence electrons. The molecule has 1 aliphatic rings. The summed E-state index contributed by atoms with van der Waals surface area (Å²) in [7, 11) is 0. The normalized spacial score (nSPS) is 19.2. The fourth-order valence-corrected chi connectivity index (χ4v) is 5.09. The summed E-state index contributed by atoms with van der Waals surface area (Å²) in [4.78, 5) is 19.3. The molecule has 37 heavy (non-hydrogen) atoms. The number of hydrogen-bond donors (Lipinski definition) is 0. The molecule has 1 aliphatic heterocycles. The molecule has 2 atom stereocenters. The van der Waals surface area contributed by atoms with E-state index in [1.165, 1.54) is 19.1 Å². The Morgan fingerprint density at radius 1 is 1.19 bits per heavy atom. The largest absolute Gasteiger partial charge is 0.487 e. The van der Waals surface area contributed by atoms with Crippen molar-refractivity contribution in [1.82, 2.24) is 9.88 Å². The van der Waals surface area contributed by atoms with E-state index in [0.717, 1.165) is 18.5 Å². The van der Waals surface area contributed by atoms with Gasteiger partial charge in [0.25, 0.3) is 0 Å². The number of carbonyl (C=O) groups excluding carboxylic acids is 1. The van der Waals surface area contributed by atoms with E-state index in [4.69, 9.17) is 13.9 Å². The van der Waals surface area contributed by atoms with E-state index in [9.17, 15) is 13.6 Å². The van der Waals surface area contributed by atoms with Gasteiger partial charge in [-0.3, -0.25) is 9.69 Å². The minimum Gasteiger partial charge on any atom is -0.487 e. The molecule has 0 bridgehead atoms. The van der Waals surface area contributed by atoms with Crippen LogP contribution in [-0.4, -0.2) is 54.2 Å². The number of ether oxygens (including phenoxy) is 2. The maximum atomic E-state index is 14.5. The molecular weight excluding hydrogens is 478 g/mol. The minimum absolute atomic E-state index is 0.128. The van der Waals surface area contributed by atoms with Crippen molar-refractivity contribution in [3.05, 3.63) is 52.7 Å². The van der Waals surface area contributed by atoms with Crippen molar-refractivity contribution in [2.75, 3.05) is 32.8 Å². The zero-order valence-corrected chi connectivity index (χ0v) is 22.3. The summed E-state index contributed by atoms with van der Waals surface area (Å²) in [6.07, 6.45) is 2.02. The summed E-state index contributed by atoms with van der Waals surface area (Å²) >= 11 is 0. The Morgan fingerprint density at radius 3 is 2.57 bits per heavy atom. The molecule has 2 aromatic carbocycles. The molecule has 2 unspecified atom stereocenters. The van der Waals surface area contributed by atoms with Crippen molar-refractivity contribution in [3.63, 3.8) is 0 Å². The van der Waals surface area contributed by atoms with Gasteiger partial charge in [0.15, 0.2) is 17.4 Å². The van der Waals surface area contributed by atoms with E-state index >= 15 is 0 Å². The number of benzene rings is 2. The van der Waals surface area contributed by atoms with Crippen LogP contribution < -0.4 is 9.47 Å². The number of alkyl halides is 1. The molecule has 2 heterocycles. The maximum absolute atomic E-state index is 14.5. The van der Waals surface area contributed by atoms with Gasteiger partial charge in [-0.15, -0.1) is 0 Å². The average Bonchev–Trinajstić information content (AvgIpc) is 3.22. The molecular formula is C29H36F2N2O4. The SMILES string of the molecule is CC(=O)c1c(OCCN2CCCC(C)(F)C2)c(OCCC(C)c2ccc(F)cc2)c2oc(C)nc2c1C. The van der Waals surface area contributed by atoms with Gasteiger partial charge >= 0.3 is 0 Å². The second kappa shape index (κ2) is 11.2. The highest BCUT2D eigenvalue weighted by Crippen LogP contribution is 2.43. The third-order valence-corrected chi connectivity index (χ3v) is 7.07. The van der Waals surface area contributed by atoms with E-state index in [0.29, 0.717) is 72.2 Å². The minimum atomic E-state index is -1.20. The first-order chi connectivity index (χ1) is 17.6. The Labute approximate surface area is 216 Å². The third-order valence-electron chi connectivity index (χ3n) is 7.07. The van der Waals surface area contributed by atoms with Crippen LogP contribution in [0.5, 0.6) is 11.5 Å². The number of oxazole rings is 1. The number of nitrogens with zero attached hydrogens (tertiary/aromatic N) is 2. The number of hydrogen-bond acceptors (Lipinski definition) is 6. The fraction of sp³-hybridized carbons (Fsp3) is 0.517. The number of ketones is 1. The predicted octanol–water partition coefficient (Wildman–Crippen LogP) is 6.56. The van der Waals surface area contributed by atoms with Crippen molar-refractivity contribution in [3.8, 4) is 11.5 Å². The molecule has 0 spiro atoms. The highest BCUT2D eigenvalue weighted by Gasteiger charge is 2.31. The molecule has 0 saturated carbocycles. The molecule has 1 saturated heterocycles. The highest BCUT2D eigenvalue weighted by atomic mass is 19.1. The Morgan fingerprint density at radius 2 is 1.89 bits per heavy atom. The van der Waals surface area contributed by atoms with Crippen molar-refractivity contribution >= 4 is 16.9 Å². The fourth-order valence-electron chi connectivity index (χ4n) is 5.09. The number of carbonyl (C=O) groups is 1.